The maximum absolute atomic E-state index is 4.89. The Morgan fingerprint density at radius 1 is 0.260 bits per heavy atom. The highest BCUT2D eigenvalue weighted by Gasteiger charge is 2.15. The zero-order valence-corrected chi connectivity index (χ0v) is 27.4. The molecule has 0 spiro atoms. The van der Waals surface area contributed by atoms with E-state index >= 15 is 0 Å². The summed E-state index contributed by atoms with van der Waals surface area (Å²) in [6.45, 7) is 0. The van der Waals surface area contributed by atoms with Gasteiger partial charge in [-0.1, -0.05) is 109 Å². The molecule has 0 aliphatic heterocycles. The quantitative estimate of drug-likeness (QED) is 0.157. The summed E-state index contributed by atoms with van der Waals surface area (Å²) in [5, 5.41) is 0. The monoisotopic (exact) mass is 642 g/mol. The molecule has 0 fully saturated rings. The third-order valence-electron chi connectivity index (χ3n) is 8.72. The van der Waals surface area contributed by atoms with Crippen LogP contribution in [0.3, 0.4) is 0 Å². The molecule has 0 saturated heterocycles. The van der Waals surface area contributed by atoms with Crippen molar-refractivity contribution >= 4 is 34.1 Å². The third-order valence-corrected chi connectivity index (χ3v) is 8.72. The SMILES string of the molecule is c1ccc(N(c2ccccc2)c2cccc(-c3ccc(-c4ccc(-c5cccc(N(c6ccccc6)c6ccccc6)c5)nc4)cn3)c2)cc1. The Morgan fingerprint density at radius 3 is 0.880 bits per heavy atom. The molecule has 8 aromatic rings. The zero-order valence-electron chi connectivity index (χ0n) is 27.4. The Morgan fingerprint density at radius 2 is 0.580 bits per heavy atom. The van der Waals surface area contributed by atoms with E-state index in [1.165, 1.54) is 0 Å². The predicted molar refractivity (Wildman–Crippen MR) is 208 cm³/mol. The molecule has 0 unspecified atom stereocenters. The van der Waals surface area contributed by atoms with Crippen LogP contribution < -0.4 is 9.80 Å². The molecule has 0 aliphatic rings. The maximum Gasteiger partial charge on any atom is 0.0703 e. The molecule has 2 heterocycles. The van der Waals surface area contributed by atoms with Crippen molar-refractivity contribution in [3.05, 3.63) is 207 Å². The Balaban J connectivity index is 1.04. The van der Waals surface area contributed by atoms with Crippen molar-refractivity contribution in [2.24, 2.45) is 0 Å². The molecule has 6 aromatic carbocycles. The largest absolute Gasteiger partial charge is 0.310 e. The van der Waals surface area contributed by atoms with E-state index in [0.717, 1.165) is 67.8 Å². The maximum atomic E-state index is 4.89. The first-order chi connectivity index (χ1) is 24.8. The number of anilines is 6. The first kappa shape index (κ1) is 30.5. The van der Waals surface area contributed by atoms with Gasteiger partial charge in [0.1, 0.15) is 0 Å². The average molecular weight is 643 g/mol. The van der Waals surface area contributed by atoms with Gasteiger partial charge in [-0.25, -0.2) is 0 Å². The zero-order chi connectivity index (χ0) is 33.5. The van der Waals surface area contributed by atoms with Crippen LogP contribution in [0.1, 0.15) is 0 Å². The second kappa shape index (κ2) is 14.1. The van der Waals surface area contributed by atoms with Crippen LogP contribution in [-0.2, 0) is 0 Å². The van der Waals surface area contributed by atoms with Crippen LogP contribution in [0.4, 0.5) is 34.1 Å². The van der Waals surface area contributed by atoms with Crippen LogP contribution in [0.5, 0.6) is 0 Å². The van der Waals surface area contributed by atoms with Crippen molar-refractivity contribution < 1.29 is 0 Å². The van der Waals surface area contributed by atoms with Crippen LogP contribution in [0, 0.1) is 0 Å². The third kappa shape index (κ3) is 6.51. The van der Waals surface area contributed by atoms with Crippen LogP contribution in [-0.4, -0.2) is 9.97 Å². The number of hydrogen-bond acceptors (Lipinski definition) is 4. The van der Waals surface area contributed by atoms with Gasteiger partial charge in [0, 0.05) is 68.8 Å². The lowest BCUT2D eigenvalue weighted by molar-refractivity contribution is 1.27. The lowest BCUT2D eigenvalue weighted by atomic mass is 10.0. The van der Waals surface area contributed by atoms with Crippen LogP contribution in [0.2, 0.25) is 0 Å². The summed E-state index contributed by atoms with van der Waals surface area (Å²) < 4.78 is 0. The van der Waals surface area contributed by atoms with Gasteiger partial charge in [-0.15, -0.1) is 0 Å². The Hall–Kier alpha value is -6.78. The van der Waals surface area contributed by atoms with Gasteiger partial charge >= 0.3 is 0 Å². The fourth-order valence-electron chi connectivity index (χ4n) is 6.28. The number of benzene rings is 6. The average Bonchev–Trinajstić information content (AvgIpc) is 3.20. The molecule has 4 heteroatoms. The molecule has 0 radical (unpaired) electrons. The number of pyridine rings is 2. The standard InChI is InChI=1S/C46H34N4/c1-5-17-39(18-6-1)49(40-19-7-2-8-20-40)43-25-13-15-35(31-43)45-29-27-37(33-47-45)38-28-30-46(48-34-38)36-16-14-26-44(32-36)50(41-21-9-3-10-22-41)42-23-11-4-12-24-42/h1-34H. The lowest BCUT2D eigenvalue weighted by Gasteiger charge is -2.25. The van der Waals surface area contributed by atoms with Gasteiger partial charge in [0.25, 0.3) is 0 Å². The molecule has 238 valence electrons. The number of para-hydroxylation sites is 4. The fourth-order valence-corrected chi connectivity index (χ4v) is 6.28. The smallest absolute Gasteiger partial charge is 0.0703 e. The molecule has 0 amide bonds. The van der Waals surface area contributed by atoms with E-state index in [1.54, 1.807) is 0 Å². The summed E-state index contributed by atoms with van der Waals surface area (Å²) >= 11 is 0. The Bertz CT molecular complexity index is 2040. The molecule has 0 saturated carbocycles. The van der Waals surface area contributed by atoms with E-state index in [1.807, 2.05) is 36.7 Å². The van der Waals surface area contributed by atoms with Crippen LogP contribution >= 0.6 is 0 Å². The molecule has 0 atom stereocenters. The highest BCUT2D eigenvalue weighted by molar-refractivity contribution is 5.81. The second-order valence-electron chi connectivity index (χ2n) is 12.0. The lowest BCUT2D eigenvalue weighted by Crippen LogP contribution is -2.09. The molecule has 2 aromatic heterocycles. The van der Waals surface area contributed by atoms with Gasteiger partial charge in [0.2, 0.25) is 0 Å². The number of hydrogen-bond donors (Lipinski definition) is 0. The summed E-state index contributed by atoms with van der Waals surface area (Å²) in [6.07, 6.45) is 3.87. The van der Waals surface area contributed by atoms with Gasteiger partial charge in [-0.2, -0.15) is 0 Å². The van der Waals surface area contributed by atoms with E-state index in [0.29, 0.717) is 0 Å². The van der Waals surface area contributed by atoms with Crippen molar-refractivity contribution in [3.8, 4) is 33.6 Å². The number of rotatable bonds is 9. The highest BCUT2D eigenvalue weighted by atomic mass is 15.1. The molecule has 0 bridgehead atoms. The van der Waals surface area contributed by atoms with E-state index in [9.17, 15) is 0 Å². The molecule has 50 heavy (non-hydrogen) atoms. The van der Waals surface area contributed by atoms with E-state index in [-0.39, 0.29) is 0 Å². The first-order valence-corrected chi connectivity index (χ1v) is 16.7. The summed E-state index contributed by atoms with van der Waals surface area (Å²) in [5.41, 5.74) is 12.5. The molecular formula is C46H34N4. The highest BCUT2D eigenvalue weighted by Crippen LogP contribution is 2.38. The molecular weight excluding hydrogens is 609 g/mol. The van der Waals surface area contributed by atoms with E-state index in [2.05, 4.69) is 180 Å². The van der Waals surface area contributed by atoms with Crippen molar-refractivity contribution in [2.75, 3.05) is 9.80 Å². The van der Waals surface area contributed by atoms with Crippen LogP contribution in [0.25, 0.3) is 33.6 Å². The summed E-state index contributed by atoms with van der Waals surface area (Å²) in [7, 11) is 0. The van der Waals surface area contributed by atoms with Crippen molar-refractivity contribution in [2.45, 2.75) is 0 Å². The van der Waals surface area contributed by atoms with Crippen molar-refractivity contribution in [1.82, 2.24) is 9.97 Å². The molecule has 0 aliphatic carbocycles. The Kier molecular flexibility index (Phi) is 8.64. The summed E-state index contributed by atoms with van der Waals surface area (Å²) in [5.74, 6) is 0. The summed E-state index contributed by atoms with van der Waals surface area (Å²) in [4.78, 5) is 14.3. The normalized spacial score (nSPS) is 10.8. The minimum absolute atomic E-state index is 0.916. The van der Waals surface area contributed by atoms with Gasteiger partial charge < -0.3 is 9.80 Å². The Labute approximate surface area is 293 Å². The number of nitrogens with zero attached hydrogens (tertiary/aromatic N) is 4. The minimum Gasteiger partial charge on any atom is -0.310 e. The van der Waals surface area contributed by atoms with Gasteiger partial charge in [-0.3, -0.25) is 9.97 Å². The van der Waals surface area contributed by atoms with E-state index < -0.39 is 0 Å². The predicted octanol–water partition coefficient (Wildman–Crippen LogP) is 12.4. The minimum atomic E-state index is 0.916. The first-order valence-electron chi connectivity index (χ1n) is 16.7. The molecule has 0 N–H and O–H groups in total. The van der Waals surface area contributed by atoms with Gasteiger partial charge in [0.15, 0.2) is 0 Å². The second-order valence-corrected chi connectivity index (χ2v) is 12.0. The topological polar surface area (TPSA) is 32.3 Å². The van der Waals surface area contributed by atoms with Crippen LogP contribution in [0.15, 0.2) is 207 Å². The van der Waals surface area contributed by atoms with Crippen molar-refractivity contribution in [3.63, 3.8) is 0 Å². The van der Waals surface area contributed by atoms with Gasteiger partial charge in [-0.05, 0) is 84.9 Å². The summed E-state index contributed by atoms with van der Waals surface area (Å²) in [6, 6.07) is 67.3. The van der Waals surface area contributed by atoms with Gasteiger partial charge in [0.05, 0.1) is 11.4 Å². The van der Waals surface area contributed by atoms with E-state index in [4.69, 9.17) is 9.97 Å². The molecule has 8 rings (SSSR count). The number of aromatic nitrogens is 2. The fraction of sp³-hybridized carbons (Fsp3) is 0. The van der Waals surface area contributed by atoms with Crippen molar-refractivity contribution in [1.29, 1.82) is 0 Å². The molecule has 4 nitrogen and oxygen atoms in total.